The second-order valence-electron chi connectivity index (χ2n) is 5.55. The Hall–Kier alpha value is -1.72. The van der Waals surface area contributed by atoms with Gasteiger partial charge in [0.15, 0.2) is 0 Å². The monoisotopic (exact) mass is 303 g/mol. The molecule has 0 saturated carbocycles. The molecule has 0 bridgehead atoms. The normalized spacial score (nSPS) is 13.7. The van der Waals surface area contributed by atoms with Gasteiger partial charge in [-0.1, -0.05) is 32.9 Å². The van der Waals surface area contributed by atoms with E-state index in [4.69, 9.17) is 0 Å². The van der Waals surface area contributed by atoms with E-state index in [9.17, 15) is 18.0 Å². The minimum absolute atomic E-state index is 0.0897. The predicted molar refractivity (Wildman–Crippen MR) is 73.8 cm³/mol. The molecular formula is C15H20F3NO2. The average Bonchev–Trinajstić information content (AvgIpc) is 2.37. The molecule has 3 nitrogen and oxygen atoms in total. The molecule has 1 atom stereocenters. The molecule has 1 unspecified atom stereocenters. The topological polar surface area (TPSA) is 38.3 Å². The first-order chi connectivity index (χ1) is 9.55. The molecule has 0 heterocycles. The fourth-order valence-corrected chi connectivity index (χ4v) is 1.59. The van der Waals surface area contributed by atoms with Crippen molar-refractivity contribution in [3.63, 3.8) is 0 Å². The number of halogens is 3. The third kappa shape index (κ3) is 5.28. The van der Waals surface area contributed by atoms with Crippen molar-refractivity contribution in [2.45, 2.75) is 46.5 Å². The Morgan fingerprint density at radius 1 is 1.24 bits per heavy atom. The van der Waals surface area contributed by atoms with Crippen LogP contribution in [-0.4, -0.2) is 12.3 Å². The molecular weight excluding hydrogens is 283 g/mol. The first-order valence-electron chi connectivity index (χ1n) is 6.72. The molecule has 0 spiro atoms. The molecule has 1 amide bonds. The molecule has 1 aromatic carbocycles. The summed E-state index contributed by atoms with van der Waals surface area (Å²) in [6.45, 7) is 7.39. The summed E-state index contributed by atoms with van der Waals surface area (Å²) in [6.07, 6.45) is -4.00. The van der Waals surface area contributed by atoms with E-state index in [-0.39, 0.29) is 17.7 Å². The van der Waals surface area contributed by atoms with Gasteiger partial charge in [-0.15, -0.1) is 13.2 Å². The molecule has 1 N–H and O–H groups in total. The van der Waals surface area contributed by atoms with Gasteiger partial charge < -0.3 is 10.1 Å². The van der Waals surface area contributed by atoms with Gasteiger partial charge in [0.2, 0.25) is 5.91 Å². The van der Waals surface area contributed by atoms with Gasteiger partial charge in [0.05, 0.1) is 6.04 Å². The predicted octanol–water partition coefficient (Wildman–Crippen LogP) is 4.20. The Morgan fingerprint density at radius 3 is 2.19 bits per heavy atom. The summed E-state index contributed by atoms with van der Waals surface area (Å²) in [5.74, 6) is -0.369. The van der Waals surface area contributed by atoms with Crippen LogP contribution in [0.25, 0.3) is 0 Å². The minimum atomic E-state index is -4.70. The highest BCUT2D eigenvalue weighted by atomic mass is 19.4. The Bertz CT molecular complexity index is 481. The van der Waals surface area contributed by atoms with Crippen molar-refractivity contribution in [1.29, 1.82) is 0 Å². The standard InChI is InChI=1S/C15H20F3NO2/c1-5-14(3,4)13(20)19-10(2)11-6-8-12(9-7-11)21-15(16,17)18/h6-10H,5H2,1-4H3,(H,19,20). The Kier molecular flexibility index (Phi) is 5.25. The van der Waals surface area contributed by atoms with Gasteiger partial charge in [-0.25, -0.2) is 0 Å². The zero-order valence-electron chi connectivity index (χ0n) is 12.5. The van der Waals surface area contributed by atoms with Crippen molar-refractivity contribution < 1.29 is 22.7 Å². The summed E-state index contributed by atoms with van der Waals surface area (Å²) >= 11 is 0. The molecule has 0 aliphatic rings. The number of hydrogen-bond acceptors (Lipinski definition) is 2. The molecule has 1 aromatic rings. The highest BCUT2D eigenvalue weighted by molar-refractivity contribution is 5.82. The second-order valence-corrected chi connectivity index (χ2v) is 5.55. The van der Waals surface area contributed by atoms with Gasteiger partial charge >= 0.3 is 6.36 Å². The highest BCUT2D eigenvalue weighted by Crippen LogP contribution is 2.25. The Balaban J connectivity index is 2.72. The number of carbonyl (C=O) groups is 1. The number of ether oxygens (including phenoxy) is 1. The van der Waals surface area contributed by atoms with Gasteiger partial charge in [-0.3, -0.25) is 4.79 Å². The van der Waals surface area contributed by atoms with Crippen LogP contribution in [0.3, 0.4) is 0 Å². The van der Waals surface area contributed by atoms with Gasteiger partial charge in [-0.05, 0) is 31.0 Å². The van der Waals surface area contributed by atoms with Crippen molar-refractivity contribution >= 4 is 5.91 Å². The van der Waals surface area contributed by atoms with Gasteiger partial charge in [0.25, 0.3) is 0 Å². The lowest BCUT2D eigenvalue weighted by Gasteiger charge is -2.24. The second kappa shape index (κ2) is 6.37. The summed E-state index contributed by atoms with van der Waals surface area (Å²) in [4.78, 5) is 12.0. The van der Waals surface area contributed by atoms with E-state index in [1.54, 1.807) is 6.92 Å². The maximum absolute atomic E-state index is 12.1. The largest absolute Gasteiger partial charge is 0.573 e. The number of hydrogen-bond donors (Lipinski definition) is 1. The number of carbonyl (C=O) groups excluding carboxylic acids is 1. The maximum Gasteiger partial charge on any atom is 0.573 e. The van der Waals surface area contributed by atoms with Crippen LogP contribution in [0.5, 0.6) is 5.75 Å². The van der Waals surface area contributed by atoms with E-state index in [1.165, 1.54) is 24.3 Å². The fourth-order valence-electron chi connectivity index (χ4n) is 1.59. The summed E-state index contributed by atoms with van der Waals surface area (Å²) in [7, 11) is 0. The van der Waals surface area contributed by atoms with Crippen LogP contribution in [0.4, 0.5) is 13.2 Å². The van der Waals surface area contributed by atoms with Crippen LogP contribution in [0.15, 0.2) is 24.3 Å². The van der Waals surface area contributed by atoms with Crippen LogP contribution in [0.1, 0.15) is 45.7 Å². The molecule has 0 aliphatic heterocycles. The van der Waals surface area contributed by atoms with E-state index in [0.717, 1.165) is 0 Å². The maximum atomic E-state index is 12.1. The molecule has 0 aliphatic carbocycles. The van der Waals surface area contributed by atoms with Gasteiger partial charge in [0.1, 0.15) is 5.75 Å². The smallest absolute Gasteiger partial charge is 0.406 e. The van der Waals surface area contributed by atoms with E-state index in [1.807, 2.05) is 20.8 Å². The van der Waals surface area contributed by atoms with Crippen LogP contribution in [0.2, 0.25) is 0 Å². The lowest BCUT2D eigenvalue weighted by molar-refractivity contribution is -0.274. The minimum Gasteiger partial charge on any atom is -0.406 e. The first kappa shape index (κ1) is 17.3. The summed E-state index contributed by atoms with van der Waals surface area (Å²) in [6, 6.07) is 5.19. The highest BCUT2D eigenvalue weighted by Gasteiger charge is 2.31. The lowest BCUT2D eigenvalue weighted by atomic mass is 9.89. The van der Waals surface area contributed by atoms with Crippen molar-refractivity contribution in [3.8, 4) is 5.75 Å². The Morgan fingerprint density at radius 2 is 1.76 bits per heavy atom. The molecule has 21 heavy (non-hydrogen) atoms. The first-order valence-corrected chi connectivity index (χ1v) is 6.72. The molecule has 1 rings (SSSR count). The van der Waals surface area contributed by atoms with Crippen LogP contribution < -0.4 is 10.1 Å². The van der Waals surface area contributed by atoms with Crippen molar-refractivity contribution in [2.75, 3.05) is 0 Å². The number of rotatable bonds is 5. The van der Waals surface area contributed by atoms with E-state index in [2.05, 4.69) is 10.1 Å². The van der Waals surface area contributed by atoms with E-state index in [0.29, 0.717) is 12.0 Å². The average molecular weight is 303 g/mol. The summed E-state index contributed by atoms with van der Waals surface area (Å²) < 4.78 is 40.0. The van der Waals surface area contributed by atoms with Crippen LogP contribution >= 0.6 is 0 Å². The summed E-state index contributed by atoms with van der Waals surface area (Å²) in [5, 5.41) is 2.85. The molecule has 0 aromatic heterocycles. The zero-order chi connectivity index (χ0) is 16.3. The summed E-state index contributed by atoms with van der Waals surface area (Å²) in [5.41, 5.74) is 0.234. The van der Waals surface area contributed by atoms with E-state index < -0.39 is 11.8 Å². The SMILES string of the molecule is CCC(C)(C)C(=O)NC(C)c1ccc(OC(F)(F)F)cc1. The lowest BCUT2D eigenvalue weighted by Crippen LogP contribution is -2.37. The number of alkyl halides is 3. The fraction of sp³-hybridized carbons (Fsp3) is 0.533. The molecule has 0 saturated heterocycles. The van der Waals surface area contributed by atoms with Gasteiger partial charge in [0, 0.05) is 5.41 Å². The molecule has 0 radical (unpaired) electrons. The number of amides is 1. The van der Waals surface area contributed by atoms with Crippen molar-refractivity contribution in [2.24, 2.45) is 5.41 Å². The molecule has 118 valence electrons. The third-order valence-electron chi connectivity index (χ3n) is 3.46. The Labute approximate surface area is 122 Å². The number of benzene rings is 1. The van der Waals surface area contributed by atoms with Crippen molar-refractivity contribution in [3.05, 3.63) is 29.8 Å². The zero-order valence-corrected chi connectivity index (χ0v) is 12.5. The van der Waals surface area contributed by atoms with E-state index >= 15 is 0 Å². The quantitative estimate of drug-likeness (QED) is 0.885. The third-order valence-corrected chi connectivity index (χ3v) is 3.46. The van der Waals surface area contributed by atoms with Crippen molar-refractivity contribution in [1.82, 2.24) is 5.32 Å². The van der Waals surface area contributed by atoms with Gasteiger partial charge in [-0.2, -0.15) is 0 Å². The van der Waals surface area contributed by atoms with Crippen LogP contribution in [-0.2, 0) is 4.79 Å². The number of nitrogens with one attached hydrogen (secondary N) is 1. The molecule has 6 heteroatoms. The molecule has 0 fully saturated rings. The van der Waals surface area contributed by atoms with Crippen LogP contribution in [0, 0.1) is 5.41 Å².